The van der Waals surface area contributed by atoms with Crippen LogP contribution in [0.2, 0.25) is 0 Å². The highest BCUT2D eigenvalue weighted by atomic mass is 32.2. The molecule has 0 bridgehead atoms. The van der Waals surface area contributed by atoms with Gasteiger partial charge in [-0.25, -0.2) is 5.84 Å². The number of anilines is 2. The highest BCUT2D eigenvalue weighted by Crippen LogP contribution is 2.14. The highest BCUT2D eigenvalue weighted by Gasteiger charge is 2.20. The molecule has 0 amide bonds. The zero-order valence-corrected chi connectivity index (χ0v) is 12.1. The Morgan fingerprint density at radius 3 is 2.63 bits per heavy atom. The molecule has 5 N–H and O–H groups in total. The van der Waals surface area contributed by atoms with Gasteiger partial charge in [-0.05, 0) is 20.1 Å². The molecule has 0 saturated carbocycles. The van der Waals surface area contributed by atoms with E-state index in [2.05, 4.69) is 25.7 Å². The van der Waals surface area contributed by atoms with Gasteiger partial charge in [-0.15, -0.1) is 0 Å². The normalized spacial score (nSPS) is 13.7. The summed E-state index contributed by atoms with van der Waals surface area (Å²) in [6, 6.07) is 0.178. The van der Waals surface area contributed by atoms with Gasteiger partial charge in [-0.2, -0.15) is 26.7 Å². The first-order valence-electron chi connectivity index (χ1n) is 5.81. The zero-order valence-electron chi connectivity index (χ0n) is 11.3. The number of aromatic nitrogens is 3. The Morgan fingerprint density at radius 2 is 2.05 bits per heavy atom. The number of nitrogen functional groups attached to an aromatic ring is 1. The van der Waals surface area contributed by atoms with Gasteiger partial charge in [0.05, 0.1) is 12.2 Å². The van der Waals surface area contributed by atoms with Crippen molar-refractivity contribution < 1.29 is 9.84 Å². The molecule has 8 nitrogen and oxygen atoms in total. The predicted molar refractivity (Wildman–Crippen MR) is 76.3 cm³/mol. The van der Waals surface area contributed by atoms with Crippen LogP contribution in [0.15, 0.2) is 0 Å². The Hall–Kier alpha value is -1.32. The van der Waals surface area contributed by atoms with Crippen molar-refractivity contribution in [2.24, 2.45) is 5.84 Å². The summed E-state index contributed by atoms with van der Waals surface area (Å²) in [5, 5.41) is 13.0. The lowest BCUT2D eigenvalue weighted by molar-refractivity contribution is 0.0995. The molecule has 0 spiro atoms. The molecule has 1 rings (SSSR count). The van der Waals surface area contributed by atoms with Crippen molar-refractivity contribution >= 4 is 23.7 Å². The largest absolute Gasteiger partial charge is 0.464 e. The summed E-state index contributed by atoms with van der Waals surface area (Å²) >= 11 is 1.56. The molecule has 108 valence electrons. The van der Waals surface area contributed by atoms with Gasteiger partial charge in [-0.3, -0.25) is 5.43 Å². The zero-order chi connectivity index (χ0) is 14.3. The van der Waals surface area contributed by atoms with E-state index in [1.807, 2.05) is 13.2 Å². The fourth-order valence-electron chi connectivity index (χ4n) is 1.33. The fourth-order valence-corrected chi connectivity index (χ4v) is 2.05. The highest BCUT2D eigenvalue weighted by molar-refractivity contribution is 7.98. The van der Waals surface area contributed by atoms with Gasteiger partial charge < -0.3 is 15.2 Å². The second-order valence-corrected chi connectivity index (χ2v) is 4.99. The first-order valence-corrected chi connectivity index (χ1v) is 7.21. The average Bonchev–Trinajstić information content (AvgIpc) is 2.36. The summed E-state index contributed by atoms with van der Waals surface area (Å²) in [7, 11) is 0. The molecule has 0 aliphatic carbocycles. The maximum Gasteiger partial charge on any atom is 0.323 e. The van der Waals surface area contributed by atoms with E-state index in [-0.39, 0.29) is 12.0 Å². The number of rotatable bonds is 8. The quantitative estimate of drug-likeness (QED) is 0.389. The van der Waals surface area contributed by atoms with Crippen LogP contribution in [0.3, 0.4) is 0 Å². The SMILES string of the molecule is CCOc1nc(NN)nc(NCC(C)(O)CSC)n1. The number of aliphatic hydroxyl groups is 1. The summed E-state index contributed by atoms with van der Waals surface area (Å²) in [5.74, 6) is 6.38. The number of thioether (sulfide) groups is 1. The molecule has 1 aromatic heterocycles. The van der Waals surface area contributed by atoms with Crippen molar-refractivity contribution in [3.8, 4) is 6.01 Å². The Morgan fingerprint density at radius 1 is 1.37 bits per heavy atom. The van der Waals surface area contributed by atoms with Crippen LogP contribution in [0.5, 0.6) is 6.01 Å². The second kappa shape index (κ2) is 7.31. The van der Waals surface area contributed by atoms with Crippen molar-refractivity contribution in [2.45, 2.75) is 19.4 Å². The molecular weight excluding hydrogens is 268 g/mol. The lowest BCUT2D eigenvalue weighted by atomic mass is 10.1. The summed E-state index contributed by atoms with van der Waals surface area (Å²) < 4.78 is 5.20. The van der Waals surface area contributed by atoms with Gasteiger partial charge in [0.2, 0.25) is 11.9 Å². The van der Waals surface area contributed by atoms with Crippen molar-refractivity contribution in [3.63, 3.8) is 0 Å². The van der Waals surface area contributed by atoms with E-state index in [9.17, 15) is 5.11 Å². The van der Waals surface area contributed by atoms with E-state index in [0.717, 1.165) is 0 Å². The van der Waals surface area contributed by atoms with Crippen LogP contribution in [-0.4, -0.2) is 50.8 Å². The maximum atomic E-state index is 10.0. The van der Waals surface area contributed by atoms with Crippen LogP contribution < -0.4 is 21.3 Å². The topological polar surface area (TPSA) is 118 Å². The molecule has 0 fully saturated rings. The number of nitrogens with zero attached hydrogens (tertiary/aromatic N) is 3. The first kappa shape index (κ1) is 15.7. The van der Waals surface area contributed by atoms with E-state index < -0.39 is 5.60 Å². The number of hydrogen-bond acceptors (Lipinski definition) is 9. The molecular formula is C10H20N6O2S. The third-order valence-corrected chi connectivity index (χ3v) is 3.01. The molecule has 1 atom stereocenters. The molecule has 19 heavy (non-hydrogen) atoms. The van der Waals surface area contributed by atoms with Crippen LogP contribution in [0.1, 0.15) is 13.8 Å². The third kappa shape index (κ3) is 5.45. The Bertz CT molecular complexity index is 404. The molecule has 0 aliphatic heterocycles. The monoisotopic (exact) mass is 288 g/mol. The lowest BCUT2D eigenvalue weighted by Crippen LogP contribution is -2.36. The number of hydrazine groups is 1. The summed E-state index contributed by atoms with van der Waals surface area (Å²) in [5.41, 5.74) is 1.49. The minimum atomic E-state index is -0.853. The van der Waals surface area contributed by atoms with E-state index in [1.54, 1.807) is 18.7 Å². The second-order valence-electron chi connectivity index (χ2n) is 4.13. The molecule has 0 saturated heterocycles. The van der Waals surface area contributed by atoms with Crippen molar-refractivity contribution in [3.05, 3.63) is 0 Å². The standard InChI is InChI=1S/C10H20N6O2S/c1-4-18-9-14-7(13-8(15-9)16-11)12-5-10(2,17)6-19-3/h17H,4-6,11H2,1-3H3,(H2,12,13,14,15,16). The van der Waals surface area contributed by atoms with Crippen LogP contribution >= 0.6 is 11.8 Å². The number of nitrogens with one attached hydrogen (secondary N) is 2. The minimum Gasteiger partial charge on any atom is -0.464 e. The predicted octanol–water partition coefficient (Wildman–Crippen LogP) is 0.0818. The van der Waals surface area contributed by atoms with Crippen molar-refractivity contribution in [1.82, 2.24) is 15.0 Å². The molecule has 9 heteroatoms. The summed E-state index contributed by atoms with van der Waals surface area (Å²) in [6.07, 6.45) is 1.93. The fraction of sp³-hybridized carbons (Fsp3) is 0.700. The van der Waals surface area contributed by atoms with Crippen LogP contribution in [0.25, 0.3) is 0 Å². The number of hydrogen-bond donors (Lipinski definition) is 4. The van der Waals surface area contributed by atoms with E-state index in [4.69, 9.17) is 10.6 Å². The van der Waals surface area contributed by atoms with Gasteiger partial charge >= 0.3 is 6.01 Å². The van der Waals surface area contributed by atoms with Gasteiger partial charge in [0.1, 0.15) is 0 Å². The van der Waals surface area contributed by atoms with E-state index >= 15 is 0 Å². The van der Waals surface area contributed by atoms with Gasteiger partial charge in [-0.1, -0.05) is 0 Å². The van der Waals surface area contributed by atoms with Crippen molar-refractivity contribution in [2.75, 3.05) is 35.9 Å². The van der Waals surface area contributed by atoms with Crippen LogP contribution in [0, 0.1) is 0 Å². The molecule has 1 aromatic rings. The van der Waals surface area contributed by atoms with E-state index in [1.165, 1.54) is 0 Å². The molecule has 0 aliphatic rings. The molecule has 1 heterocycles. The maximum absolute atomic E-state index is 10.0. The summed E-state index contributed by atoms with van der Waals surface area (Å²) in [6.45, 7) is 4.32. The Balaban J connectivity index is 2.74. The first-order chi connectivity index (χ1) is 9.00. The smallest absolute Gasteiger partial charge is 0.323 e. The van der Waals surface area contributed by atoms with Crippen LogP contribution in [0.4, 0.5) is 11.9 Å². The molecule has 1 unspecified atom stereocenters. The van der Waals surface area contributed by atoms with Gasteiger partial charge in [0.25, 0.3) is 0 Å². The number of ether oxygens (including phenoxy) is 1. The lowest BCUT2D eigenvalue weighted by Gasteiger charge is -2.22. The minimum absolute atomic E-state index is 0.178. The molecule has 0 radical (unpaired) electrons. The molecule has 0 aromatic carbocycles. The average molecular weight is 288 g/mol. The van der Waals surface area contributed by atoms with Gasteiger partial charge in [0.15, 0.2) is 0 Å². The van der Waals surface area contributed by atoms with Crippen LogP contribution in [-0.2, 0) is 0 Å². The Kier molecular flexibility index (Phi) is 6.06. The summed E-state index contributed by atoms with van der Waals surface area (Å²) in [4.78, 5) is 12.0. The van der Waals surface area contributed by atoms with Crippen molar-refractivity contribution in [1.29, 1.82) is 0 Å². The Labute approximate surface area is 116 Å². The van der Waals surface area contributed by atoms with E-state index in [0.29, 0.717) is 24.9 Å². The van der Waals surface area contributed by atoms with Gasteiger partial charge in [0, 0.05) is 12.3 Å². The number of nitrogens with two attached hydrogens (primary N) is 1. The third-order valence-electron chi connectivity index (χ3n) is 2.10.